The first-order valence-electron chi connectivity index (χ1n) is 23.2. The van der Waals surface area contributed by atoms with E-state index in [4.69, 9.17) is 9.16 Å². The van der Waals surface area contributed by atoms with Crippen LogP contribution in [0.25, 0.3) is 22.0 Å². The van der Waals surface area contributed by atoms with Gasteiger partial charge in [-0.05, 0) is 97.3 Å². The van der Waals surface area contributed by atoms with Gasteiger partial charge in [0.2, 0.25) is 17.4 Å². The Hall–Kier alpha value is -5.80. The van der Waals surface area contributed by atoms with Crippen molar-refractivity contribution in [3.63, 3.8) is 0 Å². The Labute approximate surface area is 390 Å². The molecule has 0 radical (unpaired) electrons. The molecule has 0 aliphatic carbocycles. The number of fused-ring (bicyclic) bond motifs is 1. The van der Waals surface area contributed by atoms with Gasteiger partial charge in [-0.15, -0.1) is 0 Å². The van der Waals surface area contributed by atoms with Gasteiger partial charge in [-0.25, -0.2) is 4.79 Å². The number of pyridine rings is 1. The summed E-state index contributed by atoms with van der Waals surface area (Å²) >= 11 is 0. The number of hydrogen-bond donors (Lipinski definition) is 6. The normalized spacial score (nSPS) is 14.7. The number of phenolic OH excluding ortho intramolecular Hbond substituents is 1. The Kier molecular flexibility index (Phi) is 17.0. The highest BCUT2D eigenvalue weighted by Crippen LogP contribution is 2.41. The van der Waals surface area contributed by atoms with Crippen LogP contribution in [-0.4, -0.2) is 80.0 Å². The van der Waals surface area contributed by atoms with E-state index in [1.165, 1.54) is 6.07 Å². The van der Waals surface area contributed by atoms with E-state index in [0.717, 1.165) is 52.0 Å². The van der Waals surface area contributed by atoms with Crippen molar-refractivity contribution in [3.8, 4) is 16.9 Å². The molecule has 1 fully saturated rings. The molecule has 13 nitrogen and oxygen atoms in total. The zero-order valence-electron chi connectivity index (χ0n) is 39.6. The van der Waals surface area contributed by atoms with E-state index >= 15 is 0 Å². The Morgan fingerprint density at radius 3 is 2.36 bits per heavy atom. The minimum absolute atomic E-state index is 0.0153. The lowest BCUT2D eigenvalue weighted by Gasteiger charge is -2.39. The summed E-state index contributed by atoms with van der Waals surface area (Å²) in [6, 6.07) is 30.3. The molecule has 1 aliphatic rings. The minimum atomic E-state index is -2.23. The van der Waals surface area contributed by atoms with Crippen molar-refractivity contribution < 1.29 is 28.7 Å². The number of aromatic nitrogens is 1. The number of aromatic amines is 1. The standard InChI is InChI=1S/C52H68N6O7Si/c1-35(14-13-28-54-47(60)27-31-58-29-25-39(26-30-58)64-51(63)56-44-18-12-11-17-40(44)38-15-9-8-10-16-38)50(62)55-43-22-19-37(32-36(43)2)33-53-34-46(65-66(6,7)52(3,4)5)41-20-23-45(59)49-42(41)21-24-48(61)57-49/h8-12,15-24,32,35,39,46,53,59H,13-14,25-31,33-34H2,1-7H3,(H,54,60)(H,55,62)(H,56,63)(H,57,61)/t35?,46-/m0/s1. The Morgan fingerprint density at radius 2 is 1.64 bits per heavy atom. The summed E-state index contributed by atoms with van der Waals surface area (Å²) < 4.78 is 12.7. The summed E-state index contributed by atoms with van der Waals surface area (Å²) in [6.45, 7) is 18.6. The average Bonchev–Trinajstić information content (AvgIpc) is 3.28. The summed E-state index contributed by atoms with van der Waals surface area (Å²) in [5.41, 5.74) is 6.43. The summed E-state index contributed by atoms with van der Waals surface area (Å²) in [4.78, 5) is 55.8. The number of anilines is 2. The average molecular weight is 917 g/mol. The fourth-order valence-electron chi connectivity index (χ4n) is 7.99. The zero-order valence-corrected chi connectivity index (χ0v) is 40.6. The number of ether oxygens (including phenoxy) is 1. The third kappa shape index (κ3) is 13.6. The Balaban J connectivity index is 0.882. The number of carbonyl (C=O) groups excluding carboxylic acids is 3. The van der Waals surface area contributed by atoms with Gasteiger partial charge in [0.05, 0.1) is 17.3 Å². The first kappa shape index (κ1) is 49.6. The quantitative estimate of drug-likeness (QED) is 0.0348. The van der Waals surface area contributed by atoms with Crippen LogP contribution in [0.3, 0.4) is 0 Å². The lowest BCUT2D eigenvalue weighted by atomic mass is 10.0. The molecular formula is C52H68N6O7Si. The van der Waals surface area contributed by atoms with E-state index in [0.29, 0.717) is 69.5 Å². The molecule has 1 unspecified atom stereocenters. The van der Waals surface area contributed by atoms with Crippen LogP contribution < -0.4 is 26.8 Å². The van der Waals surface area contributed by atoms with E-state index in [1.54, 1.807) is 12.1 Å². The second-order valence-corrected chi connectivity index (χ2v) is 23.8. The highest BCUT2D eigenvalue weighted by molar-refractivity contribution is 6.74. The molecule has 3 amide bonds. The van der Waals surface area contributed by atoms with Crippen molar-refractivity contribution in [2.45, 2.75) is 104 Å². The summed E-state index contributed by atoms with van der Waals surface area (Å²) in [5, 5.41) is 23.8. The number of nitrogens with one attached hydrogen (secondary N) is 5. The molecule has 1 aliphatic heterocycles. The maximum atomic E-state index is 13.2. The molecule has 0 saturated carbocycles. The number of aromatic hydroxyl groups is 1. The molecule has 6 rings (SSSR count). The molecule has 5 aromatic rings. The van der Waals surface area contributed by atoms with Crippen molar-refractivity contribution in [1.82, 2.24) is 20.5 Å². The summed E-state index contributed by atoms with van der Waals surface area (Å²) in [6.07, 6.45) is 2.14. The third-order valence-corrected chi connectivity index (χ3v) is 17.5. The topological polar surface area (TPSA) is 174 Å². The molecule has 1 aromatic heterocycles. The van der Waals surface area contributed by atoms with Crippen molar-refractivity contribution in [3.05, 3.63) is 124 Å². The van der Waals surface area contributed by atoms with Crippen LogP contribution in [0.4, 0.5) is 16.2 Å². The maximum Gasteiger partial charge on any atom is 0.411 e. The van der Waals surface area contributed by atoms with E-state index in [9.17, 15) is 24.3 Å². The van der Waals surface area contributed by atoms with E-state index in [2.05, 4.69) is 71.1 Å². The molecule has 2 heterocycles. The molecule has 66 heavy (non-hydrogen) atoms. The first-order valence-corrected chi connectivity index (χ1v) is 26.1. The van der Waals surface area contributed by atoms with Gasteiger partial charge in [0.1, 0.15) is 11.9 Å². The second-order valence-electron chi connectivity index (χ2n) is 19.0. The van der Waals surface area contributed by atoms with Gasteiger partial charge < -0.3 is 40.1 Å². The van der Waals surface area contributed by atoms with Crippen molar-refractivity contribution in [1.29, 1.82) is 0 Å². The van der Waals surface area contributed by atoms with Gasteiger partial charge in [-0.1, -0.05) is 94.4 Å². The number of hydrogen-bond acceptors (Lipinski definition) is 9. The van der Waals surface area contributed by atoms with Gasteiger partial charge in [0.25, 0.3) is 0 Å². The highest BCUT2D eigenvalue weighted by atomic mass is 28.4. The number of H-pyrrole nitrogens is 1. The summed E-state index contributed by atoms with van der Waals surface area (Å²) in [7, 11) is -2.23. The molecule has 0 spiro atoms. The van der Waals surface area contributed by atoms with Crippen LogP contribution in [0.15, 0.2) is 102 Å². The number of benzene rings is 4. The van der Waals surface area contributed by atoms with Crippen molar-refractivity contribution in [2.75, 3.05) is 43.4 Å². The Bertz CT molecular complexity index is 2500. The monoisotopic (exact) mass is 916 g/mol. The number of carbonyl (C=O) groups is 3. The fraction of sp³-hybridized carbons (Fsp3) is 0.423. The SMILES string of the molecule is Cc1cc(CNC[C@H](O[Si](C)(C)C(C)(C)C)c2ccc(O)c3[nH]c(=O)ccc23)ccc1NC(=O)C(C)CCCNC(=O)CCN1CCC(OC(=O)Nc2ccccc2-c2ccccc2)CC1. The number of para-hydroxylation sites is 1. The number of nitrogens with zero attached hydrogens (tertiary/aromatic N) is 1. The number of likely N-dealkylation sites (tertiary alicyclic amines) is 1. The fourth-order valence-corrected chi connectivity index (χ4v) is 9.26. The molecule has 6 N–H and O–H groups in total. The lowest BCUT2D eigenvalue weighted by Crippen LogP contribution is -2.43. The predicted molar refractivity (Wildman–Crippen MR) is 266 cm³/mol. The zero-order chi connectivity index (χ0) is 47.4. The number of phenols is 1. The largest absolute Gasteiger partial charge is 0.506 e. The number of piperidine rings is 1. The second kappa shape index (κ2) is 22.6. The molecule has 14 heteroatoms. The van der Waals surface area contributed by atoms with Crippen LogP contribution in [0.5, 0.6) is 5.75 Å². The van der Waals surface area contributed by atoms with Gasteiger partial charge in [0, 0.05) is 74.3 Å². The number of rotatable bonds is 19. The smallest absolute Gasteiger partial charge is 0.411 e. The molecular weight excluding hydrogens is 849 g/mol. The lowest BCUT2D eigenvalue weighted by molar-refractivity contribution is -0.121. The maximum absolute atomic E-state index is 13.2. The van der Waals surface area contributed by atoms with Crippen molar-refractivity contribution in [2.24, 2.45) is 5.92 Å². The minimum Gasteiger partial charge on any atom is -0.506 e. The molecule has 352 valence electrons. The molecule has 1 saturated heterocycles. The van der Waals surface area contributed by atoms with Crippen LogP contribution >= 0.6 is 0 Å². The van der Waals surface area contributed by atoms with Gasteiger partial charge in [-0.3, -0.25) is 19.7 Å². The van der Waals surface area contributed by atoms with Gasteiger partial charge >= 0.3 is 6.09 Å². The predicted octanol–water partition coefficient (Wildman–Crippen LogP) is 9.64. The van der Waals surface area contributed by atoms with Crippen LogP contribution in [0.1, 0.15) is 82.6 Å². The van der Waals surface area contributed by atoms with Gasteiger partial charge in [0.15, 0.2) is 8.32 Å². The van der Waals surface area contributed by atoms with Crippen molar-refractivity contribution >= 4 is 48.5 Å². The Morgan fingerprint density at radius 1 is 0.909 bits per heavy atom. The molecule has 0 bridgehead atoms. The molecule has 4 aromatic carbocycles. The van der Waals surface area contributed by atoms with Crippen LogP contribution in [0, 0.1) is 12.8 Å². The highest BCUT2D eigenvalue weighted by Gasteiger charge is 2.40. The summed E-state index contributed by atoms with van der Waals surface area (Å²) in [5.74, 6) is -0.303. The van der Waals surface area contributed by atoms with E-state index < -0.39 is 14.4 Å². The van der Waals surface area contributed by atoms with E-state index in [1.807, 2.05) is 86.6 Å². The number of aryl methyl sites for hydroxylation is 1. The third-order valence-electron chi connectivity index (χ3n) is 13.0. The van der Waals surface area contributed by atoms with E-state index in [-0.39, 0.29) is 46.3 Å². The molecule has 2 atom stereocenters. The van der Waals surface area contributed by atoms with Crippen LogP contribution in [-0.2, 0) is 25.3 Å². The number of amides is 3. The van der Waals surface area contributed by atoms with Crippen LogP contribution in [0.2, 0.25) is 18.1 Å². The first-order chi connectivity index (χ1) is 31.5. The van der Waals surface area contributed by atoms with Gasteiger partial charge in [-0.2, -0.15) is 0 Å².